The van der Waals surface area contributed by atoms with E-state index in [1.54, 1.807) is 0 Å². The van der Waals surface area contributed by atoms with Gasteiger partial charge in [-0.05, 0) is 121 Å². The van der Waals surface area contributed by atoms with Gasteiger partial charge in [0.15, 0.2) is 17.5 Å². The summed E-state index contributed by atoms with van der Waals surface area (Å²) < 4.78 is 12.9. The van der Waals surface area contributed by atoms with Crippen molar-refractivity contribution in [3.05, 3.63) is 247 Å². The summed E-state index contributed by atoms with van der Waals surface area (Å²) in [6.07, 6.45) is 0. The Morgan fingerprint density at radius 2 is 0.725 bits per heavy atom. The highest BCUT2D eigenvalue weighted by Gasteiger charge is 2.51. The molecule has 0 radical (unpaired) electrons. The molecule has 0 bridgehead atoms. The third kappa shape index (κ3) is 5.50. The molecule has 15 rings (SSSR count). The summed E-state index contributed by atoms with van der Waals surface area (Å²) in [4.78, 5) is 15.8. The van der Waals surface area contributed by atoms with Crippen molar-refractivity contribution < 1.29 is 8.83 Å². The van der Waals surface area contributed by atoms with Crippen molar-refractivity contribution in [1.82, 2.24) is 15.0 Å². The third-order valence-corrected chi connectivity index (χ3v) is 14.6. The summed E-state index contributed by atoms with van der Waals surface area (Å²) in [5, 5.41) is 4.01. The van der Waals surface area contributed by atoms with Gasteiger partial charge in [0.1, 0.15) is 22.3 Å². The van der Waals surface area contributed by atoms with E-state index in [1.165, 1.54) is 44.5 Å². The Hall–Kier alpha value is -9.19. The molecule has 0 fully saturated rings. The number of nitrogens with zero attached hydrogens (tertiary/aromatic N) is 3. The molecule has 13 aromatic rings. The fraction of sp³-hybridized carbons (Fsp3) is 0.0156. The molecule has 2 aliphatic rings. The van der Waals surface area contributed by atoms with Gasteiger partial charge in [-0.3, -0.25) is 0 Å². The molecule has 0 saturated carbocycles. The molecular weight excluding hydrogens is 843 g/mol. The maximum Gasteiger partial charge on any atom is 0.164 e. The lowest BCUT2D eigenvalue weighted by molar-refractivity contribution is 0.668. The van der Waals surface area contributed by atoms with Gasteiger partial charge < -0.3 is 8.83 Å². The van der Waals surface area contributed by atoms with E-state index in [9.17, 15) is 0 Å². The molecule has 2 aliphatic carbocycles. The molecule has 5 heteroatoms. The Kier molecular flexibility index (Phi) is 7.93. The smallest absolute Gasteiger partial charge is 0.164 e. The zero-order valence-electron chi connectivity index (χ0n) is 37.0. The molecule has 10 aromatic carbocycles. The molecular formula is C64H37N3O2. The van der Waals surface area contributed by atoms with Gasteiger partial charge in [0.2, 0.25) is 0 Å². The van der Waals surface area contributed by atoms with Crippen LogP contribution in [0, 0.1) is 0 Å². The summed E-state index contributed by atoms with van der Waals surface area (Å²) in [5.74, 6) is 1.72. The van der Waals surface area contributed by atoms with Crippen LogP contribution in [0.5, 0.6) is 0 Å². The van der Waals surface area contributed by atoms with Crippen LogP contribution in [0.25, 0.3) is 123 Å². The molecule has 0 amide bonds. The minimum atomic E-state index is -0.388. The highest BCUT2D eigenvalue weighted by atomic mass is 16.3. The summed E-state index contributed by atoms with van der Waals surface area (Å²) in [6, 6.07) is 79.8. The van der Waals surface area contributed by atoms with Gasteiger partial charge in [0.25, 0.3) is 0 Å². The minimum absolute atomic E-state index is 0.388. The number of fused-ring (bicyclic) bond motifs is 16. The first-order chi connectivity index (χ1) is 34.2. The Labute approximate surface area is 396 Å². The van der Waals surface area contributed by atoms with E-state index in [2.05, 4.69) is 176 Å². The van der Waals surface area contributed by atoms with Crippen molar-refractivity contribution in [2.24, 2.45) is 0 Å². The first-order valence-corrected chi connectivity index (χ1v) is 23.4. The molecule has 3 heterocycles. The molecule has 320 valence electrons. The largest absolute Gasteiger partial charge is 0.456 e. The zero-order chi connectivity index (χ0) is 45.2. The zero-order valence-corrected chi connectivity index (χ0v) is 37.0. The quantitative estimate of drug-likeness (QED) is 0.172. The van der Waals surface area contributed by atoms with Crippen LogP contribution in [-0.4, -0.2) is 15.0 Å². The van der Waals surface area contributed by atoms with Gasteiger partial charge in [0, 0.05) is 38.2 Å². The van der Waals surface area contributed by atoms with E-state index in [1.807, 2.05) is 48.5 Å². The Morgan fingerprint density at radius 1 is 0.261 bits per heavy atom. The van der Waals surface area contributed by atoms with Crippen molar-refractivity contribution in [2.45, 2.75) is 5.41 Å². The number of hydrogen-bond donors (Lipinski definition) is 0. The molecule has 5 nitrogen and oxygen atoms in total. The number of benzene rings is 10. The van der Waals surface area contributed by atoms with Crippen molar-refractivity contribution in [1.29, 1.82) is 0 Å². The van der Waals surface area contributed by atoms with Crippen LogP contribution in [0.15, 0.2) is 233 Å². The molecule has 69 heavy (non-hydrogen) atoms. The number of rotatable bonds is 5. The van der Waals surface area contributed by atoms with Gasteiger partial charge in [-0.1, -0.05) is 170 Å². The first kappa shape index (κ1) is 38.0. The lowest BCUT2D eigenvalue weighted by Gasteiger charge is -2.30. The lowest BCUT2D eigenvalue weighted by atomic mass is 9.70. The molecule has 0 saturated heterocycles. The van der Waals surface area contributed by atoms with E-state index in [4.69, 9.17) is 23.8 Å². The predicted octanol–water partition coefficient (Wildman–Crippen LogP) is 16.3. The summed E-state index contributed by atoms with van der Waals surface area (Å²) in [7, 11) is 0. The summed E-state index contributed by atoms with van der Waals surface area (Å²) >= 11 is 0. The lowest BCUT2D eigenvalue weighted by Crippen LogP contribution is -2.25. The number of aromatic nitrogens is 3. The molecule has 0 atom stereocenters. The SMILES string of the molecule is c1ccc(-c2cccc(-c3nc(-c4ccc5oc6ccccc6c5c4)nc(-c4cccc5oc6ccc(-c7ccc8c(c7)-c7ccccc7C87c8ccccc8-c8ccccc87)cc6c45)n3)c2)cc1. The van der Waals surface area contributed by atoms with E-state index < -0.39 is 0 Å². The second kappa shape index (κ2) is 14.4. The van der Waals surface area contributed by atoms with E-state index >= 15 is 0 Å². The standard InChI is InChI=1S/C64H37N3O2/c1-2-14-38(15-3-1)39-16-12-17-42(34-39)61-65-62(43-30-33-57-50(37-43)47-21-7-11-26-56(47)68-57)67-63(66-61)48-22-13-27-59-60(48)51-36-41(29-32-58(51)69-59)40-28-31-55-49(35-40)46-20-6-10-25-54(46)64(55)52-23-8-4-18-44(52)45-19-5-9-24-53(45)64/h1-37H. The van der Waals surface area contributed by atoms with Gasteiger partial charge in [-0.15, -0.1) is 0 Å². The Morgan fingerprint density at radius 3 is 1.49 bits per heavy atom. The summed E-state index contributed by atoms with van der Waals surface area (Å²) in [5.41, 5.74) is 20.4. The fourth-order valence-electron chi connectivity index (χ4n) is 11.6. The maximum atomic E-state index is 6.65. The van der Waals surface area contributed by atoms with Crippen LogP contribution in [0.3, 0.4) is 0 Å². The second-order valence-corrected chi connectivity index (χ2v) is 18.2. The maximum absolute atomic E-state index is 6.65. The number of para-hydroxylation sites is 1. The van der Waals surface area contributed by atoms with Crippen LogP contribution in [-0.2, 0) is 5.41 Å². The molecule has 1 spiro atoms. The van der Waals surface area contributed by atoms with Gasteiger partial charge >= 0.3 is 0 Å². The van der Waals surface area contributed by atoms with Crippen LogP contribution in [0.2, 0.25) is 0 Å². The molecule has 0 aliphatic heterocycles. The van der Waals surface area contributed by atoms with Crippen LogP contribution < -0.4 is 0 Å². The van der Waals surface area contributed by atoms with E-state index in [0.29, 0.717) is 17.5 Å². The average Bonchev–Trinajstić information content (AvgIpc) is 4.16. The number of hydrogen-bond acceptors (Lipinski definition) is 5. The van der Waals surface area contributed by atoms with Crippen molar-refractivity contribution in [2.75, 3.05) is 0 Å². The van der Waals surface area contributed by atoms with E-state index in [-0.39, 0.29) is 5.41 Å². The van der Waals surface area contributed by atoms with Gasteiger partial charge in [-0.2, -0.15) is 0 Å². The third-order valence-electron chi connectivity index (χ3n) is 14.6. The number of furan rings is 2. The monoisotopic (exact) mass is 879 g/mol. The van der Waals surface area contributed by atoms with Crippen molar-refractivity contribution >= 4 is 43.9 Å². The first-order valence-electron chi connectivity index (χ1n) is 23.4. The molecule has 0 N–H and O–H groups in total. The van der Waals surface area contributed by atoms with Crippen molar-refractivity contribution in [3.8, 4) is 78.7 Å². The highest BCUT2D eigenvalue weighted by Crippen LogP contribution is 2.63. The average molecular weight is 880 g/mol. The predicted molar refractivity (Wildman–Crippen MR) is 278 cm³/mol. The van der Waals surface area contributed by atoms with Gasteiger partial charge in [0.05, 0.1) is 5.41 Å². The van der Waals surface area contributed by atoms with Crippen molar-refractivity contribution in [3.63, 3.8) is 0 Å². The van der Waals surface area contributed by atoms with E-state index in [0.717, 1.165) is 82.8 Å². The normalized spacial score (nSPS) is 13.0. The Bertz CT molecular complexity index is 4230. The van der Waals surface area contributed by atoms with Crippen LogP contribution in [0.4, 0.5) is 0 Å². The highest BCUT2D eigenvalue weighted by molar-refractivity contribution is 6.13. The fourth-order valence-corrected chi connectivity index (χ4v) is 11.6. The second-order valence-electron chi connectivity index (χ2n) is 18.2. The van der Waals surface area contributed by atoms with Crippen LogP contribution >= 0.6 is 0 Å². The molecule has 3 aromatic heterocycles. The Balaban J connectivity index is 0.907. The molecule has 0 unspecified atom stereocenters. The topological polar surface area (TPSA) is 65.0 Å². The summed E-state index contributed by atoms with van der Waals surface area (Å²) in [6.45, 7) is 0. The van der Waals surface area contributed by atoms with Gasteiger partial charge in [-0.25, -0.2) is 15.0 Å². The minimum Gasteiger partial charge on any atom is -0.456 e. The van der Waals surface area contributed by atoms with Crippen LogP contribution in [0.1, 0.15) is 22.3 Å².